The molecule has 2 rings (SSSR count). The van der Waals surface area contributed by atoms with Crippen molar-refractivity contribution in [2.45, 2.75) is 42.7 Å². The second-order valence-corrected chi connectivity index (χ2v) is 7.21. The van der Waals surface area contributed by atoms with Gasteiger partial charge in [-0.3, -0.25) is 0 Å². The van der Waals surface area contributed by atoms with E-state index in [0.717, 1.165) is 4.47 Å². The van der Waals surface area contributed by atoms with E-state index in [1.165, 1.54) is 0 Å². The summed E-state index contributed by atoms with van der Waals surface area (Å²) in [7, 11) is -3.45. The van der Waals surface area contributed by atoms with Crippen LogP contribution >= 0.6 is 15.9 Å². The SMILES string of the molecule is O=S(=O)(NC1CCC(O)CC1)c1ccc(Br)cc1. The molecule has 1 aromatic carbocycles. The summed E-state index contributed by atoms with van der Waals surface area (Å²) in [5.41, 5.74) is 0. The first-order valence-corrected chi connectivity index (χ1v) is 8.21. The van der Waals surface area contributed by atoms with Crippen molar-refractivity contribution in [1.82, 2.24) is 4.72 Å². The highest BCUT2D eigenvalue weighted by molar-refractivity contribution is 9.10. The highest BCUT2D eigenvalue weighted by Crippen LogP contribution is 2.21. The molecule has 0 saturated heterocycles. The minimum absolute atomic E-state index is 0.0675. The molecule has 6 heteroatoms. The lowest BCUT2D eigenvalue weighted by Gasteiger charge is -2.25. The molecule has 1 aromatic rings. The van der Waals surface area contributed by atoms with E-state index in [1.807, 2.05) is 0 Å². The molecule has 2 N–H and O–H groups in total. The molecule has 100 valence electrons. The number of benzene rings is 1. The van der Waals surface area contributed by atoms with Gasteiger partial charge >= 0.3 is 0 Å². The van der Waals surface area contributed by atoms with Crippen LogP contribution in [0.15, 0.2) is 33.6 Å². The largest absolute Gasteiger partial charge is 0.393 e. The summed E-state index contributed by atoms with van der Waals surface area (Å²) in [6, 6.07) is 6.49. The molecule has 0 heterocycles. The lowest BCUT2D eigenvalue weighted by atomic mass is 9.94. The molecule has 1 aliphatic rings. The summed E-state index contributed by atoms with van der Waals surface area (Å²) >= 11 is 3.27. The van der Waals surface area contributed by atoms with Crippen LogP contribution in [0.5, 0.6) is 0 Å². The lowest BCUT2D eigenvalue weighted by Crippen LogP contribution is -2.38. The van der Waals surface area contributed by atoms with Gasteiger partial charge in [0.05, 0.1) is 11.0 Å². The van der Waals surface area contributed by atoms with Gasteiger partial charge in [-0.2, -0.15) is 0 Å². The van der Waals surface area contributed by atoms with Crippen molar-refractivity contribution in [3.05, 3.63) is 28.7 Å². The van der Waals surface area contributed by atoms with Crippen molar-refractivity contribution < 1.29 is 13.5 Å². The van der Waals surface area contributed by atoms with Crippen molar-refractivity contribution in [2.24, 2.45) is 0 Å². The number of aliphatic hydroxyl groups excluding tert-OH is 1. The zero-order valence-electron chi connectivity index (χ0n) is 9.84. The third-order valence-corrected chi connectivity index (χ3v) is 5.21. The van der Waals surface area contributed by atoms with Crippen LogP contribution in [0.1, 0.15) is 25.7 Å². The topological polar surface area (TPSA) is 66.4 Å². The standard InChI is InChI=1S/C12H16BrNO3S/c13-9-1-7-12(8-2-9)18(16,17)14-10-3-5-11(15)6-4-10/h1-2,7-8,10-11,14-15H,3-6H2. The van der Waals surface area contributed by atoms with Crippen LogP contribution in [0.4, 0.5) is 0 Å². The van der Waals surface area contributed by atoms with Gasteiger partial charge in [-0.25, -0.2) is 13.1 Å². The van der Waals surface area contributed by atoms with E-state index >= 15 is 0 Å². The van der Waals surface area contributed by atoms with Gasteiger partial charge in [-0.1, -0.05) is 15.9 Å². The zero-order chi connectivity index (χ0) is 13.2. The fourth-order valence-corrected chi connectivity index (χ4v) is 3.66. The summed E-state index contributed by atoms with van der Waals surface area (Å²) in [6.45, 7) is 0. The molecular formula is C12H16BrNO3S. The minimum Gasteiger partial charge on any atom is -0.393 e. The Morgan fingerprint density at radius 2 is 1.67 bits per heavy atom. The Hall–Kier alpha value is -0.430. The Morgan fingerprint density at radius 3 is 2.22 bits per heavy atom. The Labute approximate surface area is 116 Å². The third kappa shape index (κ3) is 3.54. The number of hydrogen-bond acceptors (Lipinski definition) is 3. The van der Waals surface area contributed by atoms with E-state index in [9.17, 15) is 13.5 Å². The molecule has 0 amide bonds. The van der Waals surface area contributed by atoms with Gasteiger partial charge in [0.2, 0.25) is 10.0 Å². The quantitative estimate of drug-likeness (QED) is 0.889. The van der Waals surface area contributed by atoms with Crippen LogP contribution in [0.3, 0.4) is 0 Å². The molecule has 4 nitrogen and oxygen atoms in total. The Morgan fingerprint density at radius 1 is 1.11 bits per heavy atom. The van der Waals surface area contributed by atoms with Crippen molar-refractivity contribution in [1.29, 1.82) is 0 Å². The molecule has 18 heavy (non-hydrogen) atoms. The van der Waals surface area contributed by atoms with E-state index in [2.05, 4.69) is 20.7 Å². The summed E-state index contributed by atoms with van der Waals surface area (Å²) in [5, 5.41) is 9.39. The highest BCUT2D eigenvalue weighted by atomic mass is 79.9. The molecule has 0 radical (unpaired) electrons. The predicted molar refractivity (Wildman–Crippen MR) is 72.7 cm³/mol. The molecule has 0 aromatic heterocycles. The average Bonchev–Trinajstić information content (AvgIpc) is 2.32. The molecular weight excluding hydrogens is 318 g/mol. The fourth-order valence-electron chi connectivity index (χ4n) is 2.09. The van der Waals surface area contributed by atoms with E-state index in [0.29, 0.717) is 25.7 Å². The van der Waals surface area contributed by atoms with E-state index in [-0.39, 0.29) is 17.0 Å². The Bertz CT molecular complexity index is 493. The van der Waals surface area contributed by atoms with Gasteiger partial charge in [0.25, 0.3) is 0 Å². The van der Waals surface area contributed by atoms with Crippen molar-refractivity contribution in [3.8, 4) is 0 Å². The maximum Gasteiger partial charge on any atom is 0.240 e. The van der Waals surface area contributed by atoms with Crippen LogP contribution in [0.2, 0.25) is 0 Å². The molecule has 1 aliphatic carbocycles. The van der Waals surface area contributed by atoms with Crippen LogP contribution < -0.4 is 4.72 Å². The number of nitrogens with one attached hydrogen (secondary N) is 1. The molecule has 0 atom stereocenters. The Balaban J connectivity index is 2.05. The summed E-state index contributed by atoms with van der Waals surface area (Å²) in [5.74, 6) is 0. The van der Waals surface area contributed by atoms with E-state index in [1.54, 1.807) is 24.3 Å². The highest BCUT2D eigenvalue weighted by Gasteiger charge is 2.24. The molecule has 1 saturated carbocycles. The second kappa shape index (κ2) is 5.69. The zero-order valence-corrected chi connectivity index (χ0v) is 12.2. The van der Waals surface area contributed by atoms with Crippen LogP contribution in [-0.2, 0) is 10.0 Å². The number of hydrogen-bond donors (Lipinski definition) is 2. The smallest absolute Gasteiger partial charge is 0.240 e. The monoisotopic (exact) mass is 333 g/mol. The third-order valence-electron chi connectivity index (χ3n) is 3.14. The fraction of sp³-hybridized carbons (Fsp3) is 0.500. The first-order chi connectivity index (χ1) is 8.47. The summed E-state index contributed by atoms with van der Waals surface area (Å²) in [6.07, 6.45) is 2.42. The van der Waals surface area contributed by atoms with Crippen LogP contribution in [0.25, 0.3) is 0 Å². The van der Waals surface area contributed by atoms with E-state index in [4.69, 9.17) is 0 Å². The van der Waals surface area contributed by atoms with Crippen LogP contribution in [-0.4, -0.2) is 25.7 Å². The van der Waals surface area contributed by atoms with Crippen molar-refractivity contribution >= 4 is 26.0 Å². The lowest BCUT2D eigenvalue weighted by molar-refractivity contribution is 0.120. The van der Waals surface area contributed by atoms with Gasteiger partial charge in [0.15, 0.2) is 0 Å². The first kappa shape index (κ1) is 14.0. The molecule has 0 unspecified atom stereocenters. The average molecular weight is 334 g/mol. The van der Waals surface area contributed by atoms with Gasteiger partial charge < -0.3 is 5.11 Å². The van der Waals surface area contributed by atoms with E-state index < -0.39 is 10.0 Å². The number of aliphatic hydroxyl groups is 1. The van der Waals surface area contributed by atoms with Crippen molar-refractivity contribution in [3.63, 3.8) is 0 Å². The molecule has 1 fully saturated rings. The maximum absolute atomic E-state index is 12.1. The molecule has 0 spiro atoms. The van der Waals surface area contributed by atoms with Gasteiger partial charge in [-0.15, -0.1) is 0 Å². The second-order valence-electron chi connectivity index (χ2n) is 4.58. The summed E-state index contributed by atoms with van der Waals surface area (Å²) in [4.78, 5) is 0.275. The minimum atomic E-state index is -3.45. The first-order valence-electron chi connectivity index (χ1n) is 5.93. The number of rotatable bonds is 3. The van der Waals surface area contributed by atoms with Gasteiger partial charge in [-0.05, 0) is 49.9 Å². The molecule has 0 aliphatic heterocycles. The number of sulfonamides is 1. The summed E-state index contributed by atoms with van der Waals surface area (Å²) < 4.78 is 27.8. The van der Waals surface area contributed by atoms with Crippen molar-refractivity contribution in [2.75, 3.05) is 0 Å². The van der Waals surface area contributed by atoms with Crippen LogP contribution in [0, 0.1) is 0 Å². The Kier molecular flexibility index (Phi) is 4.42. The normalized spacial score (nSPS) is 25.0. The predicted octanol–water partition coefficient (Wildman–Crippen LogP) is 2.03. The maximum atomic E-state index is 12.1. The molecule has 0 bridgehead atoms. The van der Waals surface area contributed by atoms with Gasteiger partial charge in [0, 0.05) is 10.5 Å². The van der Waals surface area contributed by atoms with Gasteiger partial charge in [0.1, 0.15) is 0 Å². The number of halogens is 1.